The maximum absolute atomic E-state index is 5.96. The van der Waals surface area contributed by atoms with Crippen LogP contribution in [0.3, 0.4) is 0 Å². The van der Waals surface area contributed by atoms with Crippen molar-refractivity contribution in [3.05, 3.63) is 22.8 Å². The maximum atomic E-state index is 5.96. The Hall–Kier alpha value is -0.800. The van der Waals surface area contributed by atoms with Crippen LogP contribution in [-0.4, -0.2) is 12.1 Å². The number of halogens is 1. The number of rotatable bonds is 3. The van der Waals surface area contributed by atoms with Gasteiger partial charge in [0.05, 0.1) is 7.11 Å². The van der Waals surface area contributed by atoms with E-state index in [1.807, 2.05) is 0 Å². The van der Waals surface area contributed by atoms with Crippen molar-refractivity contribution in [2.75, 3.05) is 7.11 Å². The number of aromatic nitrogens is 1. The van der Waals surface area contributed by atoms with Crippen LogP contribution in [-0.2, 0) is 0 Å². The van der Waals surface area contributed by atoms with Crippen LogP contribution in [0.1, 0.15) is 25.5 Å². The molecule has 1 heterocycles. The summed E-state index contributed by atoms with van der Waals surface area (Å²) in [6.45, 7) is 4.12. The summed E-state index contributed by atoms with van der Waals surface area (Å²) in [6.07, 6.45) is 1.70. The van der Waals surface area contributed by atoms with Gasteiger partial charge in [0.1, 0.15) is 5.02 Å². The van der Waals surface area contributed by atoms with Gasteiger partial charge in [-0.05, 0) is 17.5 Å². The molecule has 1 atom stereocenters. The summed E-state index contributed by atoms with van der Waals surface area (Å²) >= 11 is 5.94. The molecule has 4 heteroatoms. The highest BCUT2D eigenvalue weighted by atomic mass is 35.5. The van der Waals surface area contributed by atoms with E-state index in [0.29, 0.717) is 16.8 Å². The van der Waals surface area contributed by atoms with Gasteiger partial charge in [-0.25, -0.2) is 4.98 Å². The van der Waals surface area contributed by atoms with Crippen molar-refractivity contribution in [2.24, 2.45) is 11.7 Å². The number of pyridine rings is 1. The smallest absolute Gasteiger partial charge is 0.232 e. The molecule has 2 N–H and O–H groups in total. The van der Waals surface area contributed by atoms with E-state index in [4.69, 9.17) is 22.1 Å². The number of methoxy groups -OCH3 is 1. The Balaban J connectivity index is 2.96. The summed E-state index contributed by atoms with van der Waals surface area (Å²) in [5.74, 6) is 0.799. The first kappa shape index (κ1) is 11.3. The van der Waals surface area contributed by atoms with Gasteiger partial charge >= 0.3 is 0 Å². The predicted octanol–water partition coefficient (Wildman–Crippen LogP) is 2.40. The average molecular weight is 215 g/mol. The summed E-state index contributed by atoms with van der Waals surface area (Å²) in [7, 11) is 1.54. The van der Waals surface area contributed by atoms with E-state index in [0.717, 1.165) is 5.56 Å². The van der Waals surface area contributed by atoms with Crippen LogP contribution in [0, 0.1) is 5.92 Å². The van der Waals surface area contributed by atoms with Gasteiger partial charge in [-0.15, -0.1) is 0 Å². The Morgan fingerprint density at radius 1 is 1.50 bits per heavy atom. The zero-order chi connectivity index (χ0) is 10.7. The topological polar surface area (TPSA) is 48.1 Å². The molecule has 3 nitrogen and oxygen atoms in total. The molecule has 0 aliphatic rings. The standard InChI is InChI=1S/C10H15ClN2O/c1-6(2)9(12)7-4-8(11)10(14-3)13-5-7/h4-6,9H,12H2,1-3H3/t9-/m1/s1. The van der Waals surface area contributed by atoms with Crippen LogP contribution in [0.2, 0.25) is 5.02 Å². The van der Waals surface area contributed by atoms with Crippen LogP contribution in [0.5, 0.6) is 5.88 Å². The Morgan fingerprint density at radius 2 is 2.14 bits per heavy atom. The molecule has 1 aromatic rings. The van der Waals surface area contributed by atoms with Gasteiger partial charge < -0.3 is 10.5 Å². The number of hydrogen-bond acceptors (Lipinski definition) is 3. The van der Waals surface area contributed by atoms with E-state index >= 15 is 0 Å². The minimum Gasteiger partial charge on any atom is -0.480 e. The Labute approximate surface area is 89.2 Å². The van der Waals surface area contributed by atoms with Gasteiger partial charge in [-0.1, -0.05) is 25.4 Å². The molecule has 14 heavy (non-hydrogen) atoms. The second-order valence-electron chi connectivity index (χ2n) is 3.53. The molecule has 0 fully saturated rings. The van der Waals surface area contributed by atoms with Gasteiger partial charge in [0.15, 0.2) is 0 Å². The quantitative estimate of drug-likeness (QED) is 0.841. The Morgan fingerprint density at radius 3 is 2.57 bits per heavy atom. The first-order valence-corrected chi connectivity index (χ1v) is 4.89. The molecule has 1 rings (SSSR count). The largest absolute Gasteiger partial charge is 0.480 e. The zero-order valence-electron chi connectivity index (χ0n) is 8.62. The number of ether oxygens (including phenoxy) is 1. The van der Waals surface area contributed by atoms with Gasteiger partial charge in [-0.3, -0.25) is 0 Å². The van der Waals surface area contributed by atoms with E-state index in [1.54, 1.807) is 12.3 Å². The van der Waals surface area contributed by atoms with Crippen molar-refractivity contribution < 1.29 is 4.74 Å². The van der Waals surface area contributed by atoms with Crippen molar-refractivity contribution in [1.29, 1.82) is 0 Å². The molecule has 0 spiro atoms. The van der Waals surface area contributed by atoms with Crippen molar-refractivity contribution in [1.82, 2.24) is 4.98 Å². The number of nitrogens with zero attached hydrogens (tertiary/aromatic N) is 1. The van der Waals surface area contributed by atoms with Crippen molar-refractivity contribution in [3.63, 3.8) is 0 Å². The first-order chi connectivity index (χ1) is 6.56. The highest BCUT2D eigenvalue weighted by molar-refractivity contribution is 6.31. The van der Waals surface area contributed by atoms with Crippen LogP contribution in [0.25, 0.3) is 0 Å². The summed E-state index contributed by atoms with van der Waals surface area (Å²) in [4.78, 5) is 4.07. The molecule has 0 aliphatic heterocycles. The normalized spacial score (nSPS) is 13.0. The molecule has 78 valence electrons. The molecule has 0 aromatic carbocycles. The highest BCUT2D eigenvalue weighted by Crippen LogP contribution is 2.26. The molecule has 0 aliphatic carbocycles. The Kier molecular flexibility index (Phi) is 3.72. The van der Waals surface area contributed by atoms with Crippen LogP contribution in [0.15, 0.2) is 12.3 Å². The van der Waals surface area contributed by atoms with E-state index in [-0.39, 0.29) is 6.04 Å². The lowest BCUT2D eigenvalue weighted by molar-refractivity contribution is 0.397. The third kappa shape index (κ3) is 2.36. The van der Waals surface area contributed by atoms with Crippen LogP contribution in [0.4, 0.5) is 0 Å². The first-order valence-electron chi connectivity index (χ1n) is 4.51. The lowest BCUT2D eigenvalue weighted by atomic mass is 9.99. The molecular formula is C10H15ClN2O. The lowest BCUT2D eigenvalue weighted by Crippen LogP contribution is -2.16. The van der Waals surface area contributed by atoms with E-state index < -0.39 is 0 Å². The predicted molar refractivity (Wildman–Crippen MR) is 57.6 cm³/mol. The van der Waals surface area contributed by atoms with E-state index in [1.165, 1.54) is 7.11 Å². The van der Waals surface area contributed by atoms with E-state index in [9.17, 15) is 0 Å². The molecule has 0 saturated carbocycles. The number of hydrogen-bond donors (Lipinski definition) is 1. The molecule has 1 aromatic heterocycles. The van der Waals surface area contributed by atoms with Crippen LogP contribution >= 0.6 is 11.6 Å². The SMILES string of the molecule is COc1ncc([C@H](N)C(C)C)cc1Cl. The van der Waals surface area contributed by atoms with Gasteiger partial charge in [0.2, 0.25) is 5.88 Å². The third-order valence-corrected chi connectivity index (χ3v) is 2.40. The van der Waals surface area contributed by atoms with Gasteiger partial charge in [0, 0.05) is 12.2 Å². The maximum Gasteiger partial charge on any atom is 0.232 e. The van der Waals surface area contributed by atoms with E-state index in [2.05, 4.69) is 18.8 Å². The second-order valence-corrected chi connectivity index (χ2v) is 3.94. The number of nitrogens with two attached hydrogens (primary N) is 1. The summed E-state index contributed by atoms with van der Waals surface area (Å²) in [5.41, 5.74) is 6.89. The fraction of sp³-hybridized carbons (Fsp3) is 0.500. The second kappa shape index (κ2) is 4.62. The van der Waals surface area contributed by atoms with Crippen molar-refractivity contribution in [2.45, 2.75) is 19.9 Å². The molecule has 0 unspecified atom stereocenters. The molecule has 0 bridgehead atoms. The van der Waals surface area contributed by atoms with Crippen LogP contribution < -0.4 is 10.5 Å². The zero-order valence-corrected chi connectivity index (χ0v) is 9.38. The van der Waals surface area contributed by atoms with Crippen molar-refractivity contribution in [3.8, 4) is 5.88 Å². The minimum atomic E-state index is -0.0362. The Bertz CT molecular complexity index is 315. The molecule has 0 radical (unpaired) electrons. The summed E-state index contributed by atoms with van der Waals surface area (Å²) in [5, 5.41) is 0.501. The third-order valence-electron chi connectivity index (χ3n) is 2.13. The minimum absolute atomic E-state index is 0.0362. The molecule has 0 saturated heterocycles. The molecule has 0 amide bonds. The summed E-state index contributed by atoms with van der Waals surface area (Å²) in [6, 6.07) is 1.77. The lowest BCUT2D eigenvalue weighted by Gasteiger charge is -2.16. The molecular weight excluding hydrogens is 200 g/mol. The monoisotopic (exact) mass is 214 g/mol. The van der Waals surface area contributed by atoms with Gasteiger partial charge in [0.25, 0.3) is 0 Å². The fourth-order valence-electron chi connectivity index (χ4n) is 1.16. The highest BCUT2D eigenvalue weighted by Gasteiger charge is 2.12. The fourth-order valence-corrected chi connectivity index (χ4v) is 1.41. The summed E-state index contributed by atoms with van der Waals surface area (Å²) < 4.78 is 4.96. The average Bonchev–Trinajstić information content (AvgIpc) is 2.16. The van der Waals surface area contributed by atoms with Crippen molar-refractivity contribution >= 4 is 11.6 Å². The van der Waals surface area contributed by atoms with Gasteiger partial charge in [-0.2, -0.15) is 0 Å².